The number of rotatable bonds is 8. The van der Waals surface area contributed by atoms with Gasteiger partial charge in [0.05, 0.1) is 18.0 Å². The van der Waals surface area contributed by atoms with Crippen LogP contribution in [0.5, 0.6) is 0 Å². The van der Waals surface area contributed by atoms with Crippen molar-refractivity contribution in [3.05, 3.63) is 29.6 Å². The molecule has 0 amide bonds. The molecule has 1 heterocycles. The molecule has 6 heteroatoms. The predicted octanol–water partition coefficient (Wildman–Crippen LogP) is 3.05. The molecule has 3 nitrogen and oxygen atoms in total. The van der Waals surface area contributed by atoms with Crippen LogP contribution in [-0.2, 0) is 17.9 Å². The van der Waals surface area contributed by atoms with Crippen molar-refractivity contribution in [1.82, 2.24) is 10.3 Å². The number of nitrogens with zero attached hydrogens (tertiary/aromatic N) is 1. The highest BCUT2D eigenvalue weighted by atomic mass is 19.4. The number of alkyl halides is 3. The minimum Gasteiger partial charge on any atom is -0.375 e. The van der Waals surface area contributed by atoms with Crippen LogP contribution in [-0.4, -0.2) is 24.3 Å². The molecule has 0 saturated heterocycles. The van der Waals surface area contributed by atoms with Gasteiger partial charge in [0.15, 0.2) is 0 Å². The van der Waals surface area contributed by atoms with Gasteiger partial charge in [-0.05, 0) is 25.1 Å². The molecule has 0 bridgehead atoms. The van der Waals surface area contributed by atoms with Gasteiger partial charge >= 0.3 is 6.18 Å². The van der Waals surface area contributed by atoms with Crippen molar-refractivity contribution in [3.8, 4) is 0 Å². The van der Waals surface area contributed by atoms with Crippen LogP contribution in [0.1, 0.15) is 31.2 Å². The van der Waals surface area contributed by atoms with Crippen LogP contribution in [0.4, 0.5) is 13.2 Å². The second-order valence-electron chi connectivity index (χ2n) is 4.17. The van der Waals surface area contributed by atoms with E-state index < -0.39 is 12.6 Å². The Morgan fingerprint density at radius 2 is 2.00 bits per heavy atom. The highest BCUT2D eigenvalue weighted by Crippen LogP contribution is 2.21. The van der Waals surface area contributed by atoms with Crippen LogP contribution >= 0.6 is 0 Å². The molecular formula is C13H19F3N2O. The molecule has 0 atom stereocenters. The summed E-state index contributed by atoms with van der Waals surface area (Å²) >= 11 is 0. The zero-order chi connectivity index (χ0) is 14.1. The number of halogens is 3. The molecule has 0 spiro atoms. The summed E-state index contributed by atoms with van der Waals surface area (Å²) in [5, 5.41) is 3.16. The highest BCUT2D eigenvalue weighted by molar-refractivity contribution is 5.10. The molecule has 0 radical (unpaired) electrons. The lowest BCUT2D eigenvalue weighted by Gasteiger charge is -2.08. The van der Waals surface area contributed by atoms with Crippen molar-refractivity contribution in [1.29, 1.82) is 0 Å². The molecule has 0 fully saturated rings. The van der Waals surface area contributed by atoms with Crippen LogP contribution in [0, 0.1) is 0 Å². The van der Waals surface area contributed by atoms with E-state index in [2.05, 4.69) is 10.3 Å². The average molecular weight is 276 g/mol. The third kappa shape index (κ3) is 7.79. The van der Waals surface area contributed by atoms with Crippen molar-refractivity contribution in [2.45, 2.75) is 39.1 Å². The Balaban J connectivity index is 2.25. The van der Waals surface area contributed by atoms with E-state index in [9.17, 15) is 13.2 Å². The van der Waals surface area contributed by atoms with Crippen molar-refractivity contribution in [2.75, 3.05) is 13.2 Å². The summed E-state index contributed by atoms with van der Waals surface area (Å²) in [5.74, 6) is 0. The summed E-state index contributed by atoms with van der Waals surface area (Å²) in [6.45, 7) is 3.89. The van der Waals surface area contributed by atoms with Crippen LogP contribution in [0.15, 0.2) is 18.2 Å². The Bertz CT molecular complexity index is 369. The molecule has 19 heavy (non-hydrogen) atoms. The lowest BCUT2D eigenvalue weighted by Crippen LogP contribution is -2.13. The summed E-state index contributed by atoms with van der Waals surface area (Å²) < 4.78 is 40.9. The quantitative estimate of drug-likeness (QED) is 0.741. The maximum Gasteiger partial charge on any atom is 0.389 e. The monoisotopic (exact) mass is 276 g/mol. The van der Waals surface area contributed by atoms with E-state index in [4.69, 9.17) is 4.74 Å². The van der Waals surface area contributed by atoms with Gasteiger partial charge in [-0.25, -0.2) is 0 Å². The van der Waals surface area contributed by atoms with E-state index in [1.54, 1.807) is 6.07 Å². The Labute approximate surface area is 111 Å². The van der Waals surface area contributed by atoms with Crippen molar-refractivity contribution in [2.24, 2.45) is 0 Å². The number of aromatic nitrogens is 1. The van der Waals surface area contributed by atoms with Crippen LogP contribution < -0.4 is 5.32 Å². The van der Waals surface area contributed by atoms with E-state index in [1.807, 2.05) is 19.1 Å². The molecule has 1 rings (SSSR count). The van der Waals surface area contributed by atoms with Gasteiger partial charge in [0, 0.05) is 19.6 Å². The summed E-state index contributed by atoms with van der Waals surface area (Å²) in [5.41, 5.74) is 1.64. The predicted molar refractivity (Wildman–Crippen MR) is 66.6 cm³/mol. The average Bonchev–Trinajstić information content (AvgIpc) is 2.35. The molecule has 0 unspecified atom stereocenters. The van der Waals surface area contributed by atoms with E-state index in [0.29, 0.717) is 6.54 Å². The second kappa shape index (κ2) is 8.12. The van der Waals surface area contributed by atoms with Gasteiger partial charge in [-0.1, -0.05) is 13.0 Å². The molecule has 0 saturated carbocycles. The first-order chi connectivity index (χ1) is 9.01. The molecule has 0 aliphatic carbocycles. The van der Waals surface area contributed by atoms with E-state index in [1.165, 1.54) is 0 Å². The third-order valence-electron chi connectivity index (χ3n) is 2.42. The minimum atomic E-state index is -4.10. The summed E-state index contributed by atoms with van der Waals surface area (Å²) in [4.78, 5) is 4.35. The smallest absolute Gasteiger partial charge is 0.375 e. The molecule has 1 aromatic rings. The summed E-state index contributed by atoms with van der Waals surface area (Å²) in [6.07, 6.45) is -4.92. The fraction of sp³-hybridized carbons (Fsp3) is 0.615. The SMILES string of the molecule is CCNCc1cccc(COCCCC(F)(F)F)n1. The number of hydrogen-bond acceptors (Lipinski definition) is 3. The Kier molecular flexibility index (Phi) is 6.80. The summed E-state index contributed by atoms with van der Waals surface area (Å²) in [7, 11) is 0. The van der Waals surface area contributed by atoms with Crippen molar-refractivity contribution < 1.29 is 17.9 Å². The Hall–Kier alpha value is -1.14. The summed E-state index contributed by atoms with van der Waals surface area (Å²) in [6, 6.07) is 5.57. The topological polar surface area (TPSA) is 34.1 Å². The fourth-order valence-electron chi connectivity index (χ4n) is 1.51. The van der Waals surface area contributed by atoms with Gasteiger partial charge in [0.1, 0.15) is 0 Å². The van der Waals surface area contributed by atoms with Crippen molar-refractivity contribution in [3.63, 3.8) is 0 Å². The molecule has 0 aromatic carbocycles. The second-order valence-corrected chi connectivity index (χ2v) is 4.17. The Morgan fingerprint density at radius 3 is 2.68 bits per heavy atom. The molecule has 0 aliphatic heterocycles. The first-order valence-electron chi connectivity index (χ1n) is 6.31. The van der Waals surface area contributed by atoms with Crippen molar-refractivity contribution >= 4 is 0 Å². The van der Waals surface area contributed by atoms with Gasteiger partial charge in [0.25, 0.3) is 0 Å². The van der Waals surface area contributed by atoms with E-state index in [-0.39, 0.29) is 19.6 Å². The largest absolute Gasteiger partial charge is 0.389 e. The van der Waals surface area contributed by atoms with Gasteiger partial charge < -0.3 is 10.1 Å². The first kappa shape index (κ1) is 15.9. The van der Waals surface area contributed by atoms with Crippen LogP contribution in [0.3, 0.4) is 0 Å². The van der Waals surface area contributed by atoms with E-state index in [0.717, 1.165) is 17.9 Å². The normalized spacial score (nSPS) is 11.8. The van der Waals surface area contributed by atoms with Crippen LogP contribution in [0.25, 0.3) is 0 Å². The zero-order valence-electron chi connectivity index (χ0n) is 11.0. The van der Waals surface area contributed by atoms with E-state index >= 15 is 0 Å². The lowest BCUT2D eigenvalue weighted by molar-refractivity contribution is -0.138. The van der Waals surface area contributed by atoms with Crippen LogP contribution in [0.2, 0.25) is 0 Å². The number of pyridine rings is 1. The van der Waals surface area contributed by atoms with Gasteiger partial charge in [-0.3, -0.25) is 4.98 Å². The maximum absolute atomic E-state index is 11.9. The minimum absolute atomic E-state index is 0.0133. The number of ether oxygens (including phenoxy) is 1. The number of hydrogen-bond donors (Lipinski definition) is 1. The fourth-order valence-corrected chi connectivity index (χ4v) is 1.51. The highest BCUT2D eigenvalue weighted by Gasteiger charge is 2.25. The molecule has 0 aliphatic rings. The first-order valence-corrected chi connectivity index (χ1v) is 6.31. The van der Waals surface area contributed by atoms with Gasteiger partial charge in [-0.2, -0.15) is 13.2 Å². The molecule has 1 aromatic heterocycles. The molecule has 1 N–H and O–H groups in total. The lowest BCUT2D eigenvalue weighted by atomic mass is 10.3. The van der Waals surface area contributed by atoms with Gasteiger partial charge in [0.2, 0.25) is 0 Å². The standard InChI is InChI=1S/C13H19F3N2O/c1-2-17-9-11-5-3-6-12(18-11)10-19-8-4-7-13(14,15)16/h3,5-6,17H,2,4,7-10H2,1H3. The van der Waals surface area contributed by atoms with Gasteiger partial charge in [-0.15, -0.1) is 0 Å². The Morgan fingerprint density at radius 1 is 1.26 bits per heavy atom. The maximum atomic E-state index is 11.9. The third-order valence-corrected chi connectivity index (χ3v) is 2.42. The number of nitrogens with one attached hydrogen (secondary N) is 1. The zero-order valence-corrected chi connectivity index (χ0v) is 11.0. The molecule has 108 valence electrons. The molecular weight excluding hydrogens is 257 g/mol.